The number of anilines is 1. The molecule has 0 saturated heterocycles. The standard InChI is InChI=1S/C19H15BrFN3O2/c1-10-17(13-7-11(20)3-5-14(13)21)24(19(25)18(10)26-2)12-4-6-15-16(8-12)23-9-22-15/h3-9,17H,1-2H3,(H,22,23). The Morgan fingerprint density at radius 2 is 2.08 bits per heavy atom. The van der Waals surface area contributed by atoms with Crippen molar-refractivity contribution < 1.29 is 13.9 Å². The van der Waals surface area contributed by atoms with E-state index in [9.17, 15) is 9.18 Å². The minimum atomic E-state index is -0.588. The van der Waals surface area contributed by atoms with Gasteiger partial charge in [-0.1, -0.05) is 15.9 Å². The Hall–Kier alpha value is -2.67. The van der Waals surface area contributed by atoms with Crippen LogP contribution in [0.2, 0.25) is 0 Å². The van der Waals surface area contributed by atoms with E-state index < -0.39 is 6.04 Å². The van der Waals surface area contributed by atoms with Crippen LogP contribution < -0.4 is 4.90 Å². The van der Waals surface area contributed by atoms with Gasteiger partial charge in [-0.3, -0.25) is 9.69 Å². The lowest BCUT2D eigenvalue weighted by molar-refractivity contribution is -0.117. The van der Waals surface area contributed by atoms with E-state index in [1.807, 2.05) is 12.1 Å². The van der Waals surface area contributed by atoms with Crippen LogP contribution >= 0.6 is 15.9 Å². The fourth-order valence-corrected chi connectivity index (χ4v) is 3.78. The van der Waals surface area contributed by atoms with Gasteiger partial charge in [-0.25, -0.2) is 9.37 Å². The SMILES string of the molecule is COC1=C(C)C(c2cc(Br)ccc2F)N(c2ccc3nc[nH]c3c2)C1=O. The number of aromatic nitrogens is 2. The normalized spacial score (nSPS) is 17.5. The van der Waals surface area contributed by atoms with Gasteiger partial charge in [0.1, 0.15) is 5.82 Å². The van der Waals surface area contributed by atoms with Gasteiger partial charge < -0.3 is 9.72 Å². The number of imidazole rings is 1. The number of carbonyl (C=O) groups is 1. The minimum absolute atomic E-state index is 0.235. The summed E-state index contributed by atoms with van der Waals surface area (Å²) >= 11 is 3.38. The number of methoxy groups -OCH3 is 1. The van der Waals surface area contributed by atoms with Crippen molar-refractivity contribution in [3.05, 3.63) is 69.9 Å². The first kappa shape index (κ1) is 16.8. The highest BCUT2D eigenvalue weighted by Crippen LogP contribution is 2.42. The van der Waals surface area contributed by atoms with Gasteiger partial charge in [-0.15, -0.1) is 0 Å². The van der Waals surface area contributed by atoms with E-state index in [1.165, 1.54) is 13.2 Å². The number of fused-ring (bicyclic) bond motifs is 1. The number of halogens is 2. The average molecular weight is 416 g/mol. The highest BCUT2D eigenvalue weighted by Gasteiger charge is 2.41. The van der Waals surface area contributed by atoms with Crippen LogP contribution in [0.25, 0.3) is 11.0 Å². The summed E-state index contributed by atoms with van der Waals surface area (Å²) in [7, 11) is 1.45. The average Bonchev–Trinajstić information content (AvgIpc) is 3.18. The summed E-state index contributed by atoms with van der Waals surface area (Å²) in [5, 5.41) is 0. The molecule has 3 aromatic rings. The molecular formula is C19H15BrFN3O2. The van der Waals surface area contributed by atoms with Gasteiger partial charge in [0.2, 0.25) is 0 Å². The molecule has 1 N–H and O–H groups in total. The molecule has 1 unspecified atom stereocenters. The monoisotopic (exact) mass is 415 g/mol. The number of aromatic amines is 1. The summed E-state index contributed by atoms with van der Waals surface area (Å²) in [5.74, 6) is -0.442. The van der Waals surface area contributed by atoms with Crippen molar-refractivity contribution in [2.24, 2.45) is 0 Å². The van der Waals surface area contributed by atoms with Gasteiger partial charge in [0, 0.05) is 21.3 Å². The Morgan fingerprint density at radius 1 is 1.27 bits per heavy atom. The van der Waals surface area contributed by atoms with Crippen molar-refractivity contribution >= 4 is 38.6 Å². The lowest BCUT2D eigenvalue weighted by atomic mass is 9.99. The topological polar surface area (TPSA) is 58.2 Å². The second-order valence-electron chi connectivity index (χ2n) is 6.06. The second kappa shape index (κ2) is 6.25. The van der Waals surface area contributed by atoms with Crippen LogP contribution in [0.3, 0.4) is 0 Å². The molecule has 0 bridgehead atoms. The zero-order valence-corrected chi connectivity index (χ0v) is 15.7. The van der Waals surface area contributed by atoms with Crippen molar-refractivity contribution in [1.29, 1.82) is 0 Å². The Balaban J connectivity index is 1.90. The fourth-order valence-electron chi connectivity index (χ4n) is 3.40. The van der Waals surface area contributed by atoms with Gasteiger partial charge in [0.15, 0.2) is 5.76 Å². The number of hydrogen-bond acceptors (Lipinski definition) is 3. The van der Waals surface area contributed by atoms with Gasteiger partial charge in [0.05, 0.1) is 30.5 Å². The molecule has 1 amide bonds. The maximum Gasteiger partial charge on any atom is 0.294 e. The Kier molecular flexibility index (Phi) is 4.03. The third-order valence-corrected chi connectivity index (χ3v) is 5.07. The van der Waals surface area contributed by atoms with Crippen molar-refractivity contribution in [2.45, 2.75) is 13.0 Å². The summed E-state index contributed by atoms with van der Waals surface area (Å²) in [6, 6.07) is 9.58. The molecule has 1 aromatic heterocycles. The Labute approximate surface area is 157 Å². The molecule has 0 radical (unpaired) electrons. The van der Waals surface area contributed by atoms with Gasteiger partial charge in [-0.2, -0.15) is 0 Å². The third-order valence-electron chi connectivity index (χ3n) is 4.58. The molecule has 0 spiro atoms. The summed E-state index contributed by atoms with van der Waals surface area (Å²) in [6.07, 6.45) is 1.59. The van der Waals surface area contributed by atoms with Crippen molar-refractivity contribution in [3.8, 4) is 0 Å². The molecular weight excluding hydrogens is 401 g/mol. The van der Waals surface area contributed by atoms with E-state index in [4.69, 9.17) is 4.74 Å². The van der Waals surface area contributed by atoms with E-state index in [2.05, 4.69) is 25.9 Å². The molecule has 26 heavy (non-hydrogen) atoms. The second-order valence-corrected chi connectivity index (χ2v) is 6.98. The highest BCUT2D eigenvalue weighted by atomic mass is 79.9. The van der Waals surface area contributed by atoms with Crippen LogP contribution in [0.5, 0.6) is 0 Å². The lowest BCUT2D eigenvalue weighted by Crippen LogP contribution is -2.30. The van der Waals surface area contributed by atoms with Crippen LogP contribution in [0.1, 0.15) is 18.5 Å². The summed E-state index contributed by atoms with van der Waals surface area (Å²) < 4.78 is 20.7. The molecule has 1 aliphatic rings. The van der Waals surface area contributed by atoms with E-state index in [0.717, 1.165) is 15.5 Å². The van der Waals surface area contributed by atoms with Crippen LogP contribution in [0.4, 0.5) is 10.1 Å². The predicted octanol–water partition coefficient (Wildman–Crippen LogP) is 4.47. The smallest absolute Gasteiger partial charge is 0.294 e. The first-order chi connectivity index (χ1) is 12.5. The van der Waals surface area contributed by atoms with Crippen LogP contribution in [-0.2, 0) is 9.53 Å². The molecule has 1 aliphatic heterocycles. The molecule has 132 valence electrons. The number of nitrogens with zero attached hydrogens (tertiary/aromatic N) is 2. The molecule has 2 aromatic carbocycles. The molecule has 2 heterocycles. The van der Waals surface area contributed by atoms with E-state index >= 15 is 0 Å². The van der Waals surface area contributed by atoms with Crippen molar-refractivity contribution in [1.82, 2.24) is 9.97 Å². The van der Waals surface area contributed by atoms with E-state index in [-0.39, 0.29) is 17.5 Å². The number of H-pyrrole nitrogens is 1. The van der Waals surface area contributed by atoms with Gasteiger partial charge in [0.25, 0.3) is 5.91 Å². The first-order valence-corrected chi connectivity index (χ1v) is 8.77. The molecule has 0 aliphatic carbocycles. The molecule has 5 nitrogen and oxygen atoms in total. The Morgan fingerprint density at radius 3 is 2.85 bits per heavy atom. The number of nitrogens with one attached hydrogen (secondary N) is 1. The molecule has 1 atom stereocenters. The maximum absolute atomic E-state index is 14.6. The molecule has 0 saturated carbocycles. The van der Waals surface area contributed by atoms with Crippen LogP contribution in [0.15, 0.2) is 58.5 Å². The molecule has 7 heteroatoms. The quantitative estimate of drug-likeness (QED) is 0.686. The zero-order valence-electron chi connectivity index (χ0n) is 14.1. The number of rotatable bonds is 3. The number of carbonyl (C=O) groups excluding carboxylic acids is 1. The van der Waals surface area contributed by atoms with E-state index in [1.54, 1.807) is 36.4 Å². The number of ether oxygens (including phenoxy) is 1. The summed E-state index contributed by atoms with van der Waals surface area (Å²) in [5.41, 5.74) is 3.30. The van der Waals surface area contributed by atoms with Crippen LogP contribution in [-0.4, -0.2) is 23.0 Å². The zero-order chi connectivity index (χ0) is 18.4. The Bertz CT molecular complexity index is 1060. The molecule has 0 fully saturated rings. The van der Waals surface area contributed by atoms with E-state index in [0.29, 0.717) is 16.8 Å². The minimum Gasteiger partial charge on any atom is -0.491 e. The third kappa shape index (κ3) is 2.50. The maximum atomic E-state index is 14.6. The van der Waals surface area contributed by atoms with Crippen LogP contribution in [0, 0.1) is 5.82 Å². The predicted molar refractivity (Wildman–Crippen MR) is 100 cm³/mol. The highest BCUT2D eigenvalue weighted by molar-refractivity contribution is 9.10. The summed E-state index contributed by atoms with van der Waals surface area (Å²) in [6.45, 7) is 1.79. The van der Waals surface area contributed by atoms with Gasteiger partial charge in [-0.05, 0) is 43.3 Å². The lowest BCUT2D eigenvalue weighted by Gasteiger charge is -2.27. The van der Waals surface area contributed by atoms with Crippen molar-refractivity contribution in [3.63, 3.8) is 0 Å². The fraction of sp³-hybridized carbons (Fsp3) is 0.158. The molecule has 4 rings (SSSR count). The van der Waals surface area contributed by atoms with Gasteiger partial charge >= 0.3 is 0 Å². The summed E-state index contributed by atoms with van der Waals surface area (Å²) in [4.78, 5) is 21.8. The largest absolute Gasteiger partial charge is 0.491 e. The van der Waals surface area contributed by atoms with Crippen molar-refractivity contribution in [2.75, 3.05) is 12.0 Å². The first-order valence-electron chi connectivity index (χ1n) is 7.97. The number of benzene rings is 2. The number of amides is 1. The number of hydrogen-bond donors (Lipinski definition) is 1.